The van der Waals surface area contributed by atoms with E-state index in [1.165, 1.54) is 15.8 Å². The molecule has 0 unspecified atom stereocenters. The Kier molecular flexibility index (Phi) is 3.19. The number of anilines is 1. The zero-order chi connectivity index (χ0) is 15.0. The Labute approximate surface area is 120 Å². The Hall–Kier alpha value is -2.67. The molecule has 0 aliphatic carbocycles. The van der Waals surface area contributed by atoms with Crippen molar-refractivity contribution in [1.82, 2.24) is 9.78 Å². The average Bonchev–Trinajstić information content (AvgIpc) is 3.05. The summed E-state index contributed by atoms with van der Waals surface area (Å²) in [5.41, 5.74) is 2.01. The van der Waals surface area contributed by atoms with Crippen LogP contribution in [0.2, 0.25) is 0 Å². The molecular formula is C14H13N3O4. The highest BCUT2D eigenvalue weighted by atomic mass is 16.7. The number of carbonyl (C=O) groups is 2. The molecule has 1 saturated heterocycles. The molecule has 7 heteroatoms. The van der Waals surface area contributed by atoms with Gasteiger partial charge in [-0.2, -0.15) is 10.2 Å². The van der Waals surface area contributed by atoms with Crippen LogP contribution in [-0.2, 0) is 16.7 Å². The highest BCUT2D eigenvalue weighted by Crippen LogP contribution is 2.27. The van der Waals surface area contributed by atoms with Crippen LogP contribution in [0.3, 0.4) is 0 Å². The number of aromatic carboxylic acids is 1. The second kappa shape index (κ2) is 5.02. The number of nitrogens with zero attached hydrogens (tertiary/aromatic N) is 3. The topological polar surface area (TPSA) is 84.7 Å². The van der Waals surface area contributed by atoms with Gasteiger partial charge in [-0.25, -0.2) is 4.79 Å². The third-order valence-corrected chi connectivity index (χ3v) is 3.24. The predicted octanol–water partition coefficient (Wildman–Crippen LogP) is 1.45. The largest absolute Gasteiger partial charge is 0.476 e. The summed E-state index contributed by atoms with van der Waals surface area (Å²) >= 11 is 0. The van der Waals surface area contributed by atoms with Crippen molar-refractivity contribution in [3.63, 3.8) is 0 Å². The number of carboxylic acid groups (broad SMARTS) is 1. The van der Waals surface area contributed by atoms with Gasteiger partial charge in [0.1, 0.15) is 0 Å². The van der Waals surface area contributed by atoms with E-state index in [1.54, 1.807) is 25.2 Å². The van der Waals surface area contributed by atoms with Gasteiger partial charge in [0.25, 0.3) is 5.91 Å². The SMILES string of the molecule is Cn1nc(C(=O)O)cc1-c1cccc(N2OCCC2=O)c1. The molecule has 2 aromatic rings. The fraction of sp³-hybridized carbons (Fsp3) is 0.214. The van der Waals surface area contributed by atoms with Gasteiger partial charge in [0, 0.05) is 12.6 Å². The van der Waals surface area contributed by atoms with Gasteiger partial charge in [0.2, 0.25) is 0 Å². The second-order valence-electron chi connectivity index (χ2n) is 4.67. The summed E-state index contributed by atoms with van der Waals surface area (Å²) in [5.74, 6) is -1.17. The Morgan fingerprint density at radius 3 is 2.81 bits per heavy atom. The van der Waals surface area contributed by atoms with Crippen LogP contribution in [0.15, 0.2) is 30.3 Å². The molecule has 0 saturated carbocycles. The first-order valence-electron chi connectivity index (χ1n) is 6.40. The summed E-state index contributed by atoms with van der Waals surface area (Å²) in [5, 5.41) is 14.2. The molecule has 1 aliphatic heterocycles. The van der Waals surface area contributed by atoms with E-state index in [-0.39, 0.29) is 11.6 Å². The summed E-state index contributed by atoms with van der Waals surface area (Å²) in [7, 11) is 1.67. The highest BCUT2D eigenvalue weighted by Gasteiger charge is 2.24. The third kappa shape index (κ3) is 2.38. The van der Waals surface area contributed by atoms with Crippen LogP contribution in [0.25, 0.3) is 11.3 Å². The molecule has 0 bridgehead atoms. The van der Waals surface area contributed by atoms with Gasteiger partial charge in [-0.3, -0.25) is 14.3 Å². The summed E-state index contributed by atoms with van der Waals surface area (Å²) < 4.78 is 1.50. The molecule has 0 spiro atoms. The number of carboxylic acids is 1. The molecule has 0 radical (unpaired) electrons. The van der Waals surface area contributed by atoms with Crippen molar-refractivity contribution in [2.24, 2.45) is 7.05 Å². The van der Waals surface area contributed by atoms with Gasteiger partial charge in [0.05, 0.1) is 24.4 Å². The molecule has 0 atom stereocenters. The first kappa shape index (κ1) is 13.3. The van der Waals surface area contributed by atoms with E-state index in [0.29, 0.717) is 24.4 Å². The first-order chi connectivity index (χ1) is 10.1. The van der Waals surface area contributed by atoms with Crippen LogP contribution in [0.5, 0.6) is 0 Å². The van der Waals surface area contributed by atoms with E-state index in [1.807, 2.05) is 6.07 Å². The number of aromatic nitrogens is 2. The molecule has 3 rings (SSSR count). The number of hydrogen-bond acceptors (Lipinski definition) is 4. The minimum atomic E-state index is -1.08. The molecule has 1 aliphatic rings. The van der Waals surface area contributed by atoms with Crippen LogP contribution in [0.1, 0.15) is 16.9 Å². The lowest BCUT2D eigenvalue weighted by Gasteiger charge is -2.14. The predicted molar refractivity (Wildman–Crippen MR) is 73.7 cm³/mol. The van der Waals surface area contributed by atoms with Crippen molar-refractivity contribution < 1.29 is 19.5 Å². The van der Waals surface area contributed by atoms with E-state index < -0.39 is 5.97 Å². The number of hydroxylamine groups is 1. The molecular weight excluding hydrogens is 274 g/mol. The van der Waals surface area contributed by atoms with E-state index in [4.69, 9.17) is 9.94 Å². The molecule has 108 valence electrons. The van der Waals surface area contributed by atoms with Crippen LogP contribution in [0.4, 0.5) is 5.69 Å². The summed E-state index contributed by atoms with van der Waals surface area (Å²) in [6.07, 6.45) is 0.360. The van der Waals surface area contributed by atoms with Crippen molar-refractivity contribution in [1.29, 1.82) is 0 Å². The maximum absolute atomic E-state index is 11.7. The molecule has 7 nitrogen and oxygen atoms in total. The third-order valence-electron chi connectivity index (χ3n) is 3.24. The van der Waals surface area contributed by atoms with E-state index in [2.05, 4.69) is 5.10 Å². The minimum absolute atomic E-state index is 0.0219. The lowest BCUT2D eigenvalue weighted by molar-refractivity contribution is -0.119. The monoisotopic (exact) mass is 287 g/mol. The number of carbonyl (C=O) groups excluding carboxylic acids is 1. The van der Waals surface area contributed by atoms with Crippen molar-refractivity contribution in [3.05, 3.63) is 36.0 Å². The quantitative estimate of drug-likeness (QED) is 0.923. The van der Waals surface area contributed by atoms with E-state index in [9.17, 15) is 9.59 Å². The number of hydrogen-bond donors (Lipinski definition) is 1. The zero-order valence-corrected chi connectivity index (χ0v) is 11.3. The lowest BCUT2D eigenvalue weighted by Crippen LogP contribution is -2.22. The zero-order valence-electron chi connectivity index (χ0n) is 11.3. The van der Waals surface area contributed by atoms with Crippen molar-refractivity contribution in [3.8, 4) is 11.3 Å². The van der Waals surface area contributed by atoms with Gasteiger partial charge < -0.3 is 5.11 Å². The summed E-state index contributed by atoms with van der Waals surface area (Å²) in [6.45, 7) is 0.373. The number of aryl methyl sites for hydroxylation is 1. The minimum Gasteiger partial charge on any atom is -0.476 e. The van der Waals surface area contributed by atoms with Gasteiger partial charge >= 0.3 is 5.97 Å². The van der Waals surface area contributed by atoms with Crippen molar-refractivity contribution in [2.45, 2.75) is 6.42 Å². The Morgan fingerprint density at radius 1 is 1.38 bits per heavy atom. The molecule has 1 aromatic carbocycles. The Balaban J connectivity index is 2.00. The fourth-order valence-corrected chi connectivity index (χ4v) is 2.25. The average molecular weight is 287 g/mol. The van der Waals surface area contributed by atoms with E-state index >= 15 is 0 Å². The molecule has 1 aromatic heterocycles. The fourth-order valence-electron chi connectivity index (χ4n) is 2.25. The van der Waals surface area contributed by atoms with Crippen molar-refractivity contribution >= 4 is 17.6 Å². The molecule has 1 fully saturated rings. The first-order valence-corrected chi connectivity index (χ1v) is 6.40. The molecule has 21 heavy (non-hydrogen) atoms. The van der Waals surface area contributed by atoms with Gasteiger partial charge in [0.15, 0.2) is 5.69 Å². The molecule has 1 N–H and O–H groups in total. The maximum Gasteiger partial charge on any atom is 0.356 e. The molecule has 1 amide bonds. The highest BCUT2D eigenvalue weighted by molar-refractivity contribution is 5.93. The van der Waals surface area contributed by atoms with Gasteiger partial charge in [-0.05, 0) is 18.2 Å². The normalized spacial score (nSPS) is 14.7. The van der Waals surface area contributed by atoms with Gasteiger partial charge in [-0.1, -0.05) is 12.1 Å². The molecule has 2 heterocycles. The number of benzene rings is 1. The van der Waals surface area contributed by atoms with Crippen molar-refractivity contribution in [2.75, 3.05) is 11.7 Å². The Morgan fingerprint density at radius 2 is 2.19 bits per heavy atom. The Bertz CT molecular complexity index is 723. The summed E-state index contributed by atoms with van der Waals surface area (Å²) in [6, 6.07) is 8.64. The van der Waals surface area contributed by atoms with Crippen LogP contribution in [0, 0.1) is 0 Å². The van der Waals surface area contributed by atoms with Crippen LogP contribution >= 0.6 is 0 Å². The number of amides is 1. The van der Waals surface area contributed by atoms with Crippen LogP contribution in [-0.4, -0.2) is 33.4 Å². The smallest absolute Gasteiger partial charge is 0.356 e. The standard InChI is InChI=1S/C14H13N3O4/c1-16-12(8-11(15-16)14(19)20)9-3-2-4-10(7-9)17-13(18)5-6-21-17/h2-4,7-8H,5-6H2,1H3,(H,19,20). The maximum atomic E-state index is 11.7. The lowest BCUT2D eigenvalue weighted by atomic mass is 10.1. The van der Waals surface area contributed by atoms with Crippen LogP contribution < -0.4 is 5.06 Å². The van der Waals surface area contributed by atoms with Gasteiger partial charge in [-0.15, -0.1) is 0 Å². The number of rotatable bonds is 3. The second-order valence-corrected chi connectivity index (χ2v) is 4.67. The summed E-state index contributed by atoms with van der Waals surface area (Å²) in [4.78, 5) is 27.9. The van der Waals surface area contributed by atoms with E-state index in [0.717, 1.165) is 5.56 Å².